The van der Waals surface area contributed by atoms with Crippen molar-refractivity contribution in [3.63, 3.8) is 0 Å². The summed E-state index contributed by atoms with van der Waals surface area (Å²) in [5.41, 5.74) is 3.59. The Morgan fingerprint density at radius 2 is 1.71 bits per heavy atom. The molecule has 5 heterocycles. The number of benzene rings is 1. The summed E-state index contributed by atoms with van der Waals surface area (Å²) in [7, 11) is 0. The van der Waals surface area contributed by atoms with E-state index in [0.717, 1.165) is 86.3 Å². The van der Waals surface area contributed by atoms with E-state index in [9.17, 15) is 0 Å². The quantitative estimate of drug-likeness (QED) is 0.421. The van der Waals surface area contributed by atoms with Crippen molar-refractivity contribution in [2.24, 2.45) is 0 Å². The van der Waals surface area contributed by atoms with Crippen LogP contribution in [0.4, 0.5) is 11.8 Å². The molecule has 0 saturated carbocycles. The smallest absolute Gasteiger partial charge is 0.229 e. The van der Waals surface area contributed by atoms with Crippen molar-refractivity contribution >= 4 is 34.0 Å². The van der Waals surface area contributed by atoms with Crippen LogP contribution in [-0.2, 0) is 22.6 Å². The summed E-state index contributed by atoms with van der Waals surface area (Å²) < 4.78 is 13.1. The van der Waals surface area contributed by atoms with E-state index in [4.69, 9.17) is 19.4 Å². The number of rotatable bonds is 7. The molecule has 0 amide bonds. The van der Waals surface area contributed by atoms with E-state index in [1.165, 1.54) is 0 Å². The molecule has 2 aliphatic heterocycles. The summed E-state index contributed by atoms with van der Waals surface area (Å²) in [6.07, 6.45) is 1.87. The van der Waals surface area contributed by atoms with Gasteiger partial charge in [0.1, 0.15) is 5.82 Å². The van der Waals surface area contributed by atoms with Crippen molar-refractivity contribution in [1.82, 2.24) is 34.4 Å². The number of aromatic nitrogens is 6. The molecule has 2 fully saturated rings. The number of hydrogen-bond donors (Lipinski definition) is 2. The molecule has 0 aliphatic carbocycles. The number of nitrogens with one attached hydrogen (secondary N) is 2. The van der Waals surface area contributed by atoms with Gasteiger partial charge in [0.05, 0.1) is 50.3 Å². The molecule has 0 spiro atoms. The van der Waals surface area contributed by atoms with Crippen LogP contribution in [0.25, 0.3) is 22.2 Å². The topological polar surface area (TPSA) is 109 Å². The lowest BCUT2D eigenvalue weighted by atomic mass is 10.3. The van der Waals surface area contributed by atoms with Crippen LogP contribution in [0.2, 0.25) is 0 Å². The normalized spacial score (nSPS) is 17.6. The van der Waals surface area contributed by atoms with E-state index >= 15 is 0 Å². The number of hydrogen-bond acceptors (Lipinski definition) is 9. The van der Waals surface area contributed by atoms with Crippen LogP contribution in [0.1, 0.15) is 5.82 Å². The molecule has 2 saturated heterocycles. The van der Waals surface area contributed by atoms with Crippen molar-refractivity contribution in [3.05, 3.63) is 36.4 Å². The average molecular weight is 464 g/mol. The van der Waals surface area contributed by atoms with Gasteiger partial charge in [0.25, 0.3) is 0 Å². The number of ether oxygens (including phenoxy) is 2. The molecule has 0 atom stereocenters. The lowest BCUT2D eigenvalue weighted by molar-refractivity contribution is 0.0365. The molecule has 0 radical (unpaired) electrons. The van der Waals surface area contributed by atoms with Gasteiger partial charge in [-0.25, -0.2) is 9.97 Å². The highest BCUT2D eigenvalue weighted by atomic mass is 16.5. The predicted octanol–water partition coefficient (Wildman–Crippen LogP) is 1.48. The van der Waals surface area contributed by atoms with Gasteiger partial charge in [-0.05, 0) is 12.1 Å². The van der Waals surface area contributed by atoms with Crippen LogP contribution in [0, 0.1) is 0 Å². The Kier molecular flexibility index (Phi) is 5.96. The predicted molar refractivity (Wildman–Crippen MR) is 129 cm³/mol. The summed E-state index contributed by atoms with van der Waals surface area (Å²) in [5, 5.41) is 3.46. The zero-order valence-corrected chi connectivity index (χ0v) is 19.1. The van der Waals surface area contributed by atoms with Crippen LogP contribution in [0.3, 0.4) is 0 Å². The first-order valence-corrected chi connectivity index (χ1v) is 11.9. The third kappa shape index (κ3) is 4.41. The molecule has 11 nitrogen and oxygen atoms in total. The Labute approximate surface area is 197 Å². The second-order valence-electron chi connectivity index (χ2n) is 8.59. The maximum Gasteiger partial charge on any atom is 0.229 e. The van der Waals surface area contributed by atoms with Gasteiger partial charge in [0.15, 0.2) is 17.0 Å². The van der Waals surface area contributed by atoms with Gasteiger partial charge in [0, 0.05) is 39.3 Å². The number of fused-ring (bicyclic) bond motifs is 2. The van der Waals surface area contributed by atoms with Gasteiger partial charge in [0.2, 0.25) is 5.95 Å². The lowest BCUT2D eigenvalue weighted by Gasteiger charge is -2.27. The van der Waals surface area contributed by atoms with E-state index in [1.54, 1.807) is 0 Å². The molecule has 1 aromatic carbocycles. The first kappa shape index (κ1) is 21.3. The molecule has 34 heavy (non-hydrogen) atoms. The van der Waals surface area contributed by atoms with E-state index in [-0.39, 0.29) is 0 Å². The Hall–Kier alpha value is -3.28. The highest BCUT2D eigenvalue weighted by molar-refractivity contribution is 5.84. The van der Waals surface area contributed by atoms with Crippen LogP contribution < -0.4 is 10.2 Å². The number of nitrogens with zero attached hydrogens (tertiary/aromatic N) is 7. The number of anilines is 2. The first-order chi connectivity index (χ1) is 16.8. The minimum Gasteiger partial charge on any atom is -0.379 e. The Morgan fingerprint density at radius 3 is 2.53 bits per heavy atom. The highest BCUT2D eigenvalue weighted by Crippen LogP contribution is 2.24. The molecule has 2 N–H and O–H groups in total. The Bertz CT molecular complexity index is 1230. The highest BCUT2D eigenvalue weighted by Gasteiger charge is 2.20. The molecule has 11 heteroatoms. The summed E-state index contributed by atoms with van der Waals surface area (Å²) in [4.78, 5) is 27.1. The minimum atomic E-state index is 0.518. The zero-order chi connectivity index (χ0) is 22.7. The van der Waals surface area contributed by atoms with Crippen molar-refractivity contribution in [1.29, 1.82) is 0 Å². The van der Waals surface area contributed by atoms with Gasteiger partial charge < -0.3 is 29.2 Å². The van der Waals surface area contributed by atoms with Crippen molar-refractivity contribution in [2.75, 3.05) is 69.4 Å². The molecular formula is C23H29N9O2. The fourth-order valence-electron chi connectivity index (χ4n) is 4.46. The summed E-state index contributed by atoms with van der Waals surface area (Å²) in [5.74, 6) is 2.28. The Morgan fingerprint density at radius 1 is 0.912 bits per heavy atom. The molecule has 0 unspecified atom stereocenters. The molecule has 0 bridgehead atoms. The number of morpholine rings is 2. The third-order valence-electron chi connectivity index (χ3n) is 6.37. The SMILES string of the molecule is c1ccc2[nH]c(CNc3nc(N4CCOCC4)nc4c3ncn4CCN3CCOCC3)nc2c1. The second-order valence-corrected chi connectivity index (χ2v) is 8.59. The number of aromatic amines is 1. The monoisotopic (exact) mass is 463 g/mol. The summed E-state index contributed by atoms with van der Waals surface area (Å²) >= 11 is 0. The molecule has 178 valence electrons. The number of imidazole rings is 2. The average Bonchev–Trinajstić information content (AvgIpc) is 3.51. The zero-order valence-electron chi connectivity index (χ0n) is 19.1. The van der Waals surface area contributed by atoms with Crippen LogP contribution in [-0.4, -0.2) is 93.5 Å². The van der Waals surface area contributed by atoms with Crippen LogP contribution >= 0.6 is 0 Å². The minimum absolute atomic E-state index is 0.518. The third-order valence-corrected chi connectivity index (χ3v) is 6.37. The van der Waals surface area contributed by atoms with Crippen LogP contribution in [0.15, 0.2) is 30.6 Å². The van der Waals surface area contributed by atoms with Crippen LogP contribution in [0.5, 0.6) is 0 Å². The Balaban J connectivity index is 1.28. The van der Waals surface area contributed by atoms with Crippen molar-refractivity contribution < 1.29 is 9.47 Å². The fraction of sp³-hybridized carbons (Fsp3) is 0.478. The number of para-hydroxylation sites is 2. The second kappa shape index (κ2) is 9.53. The molecule has 2 aliphatic rings. The maximum absolute atomic E-state index is 5.53. The molecule has 4 aromatic rings. The van der Waals surface area contributed by atoms with Crippen molar-refractivity contribution in [2.45, 2.75) is 13.1 Å². The van der Waals surface area contributed by atoms with Crippen molar-refractivity contribution in [3.8, 4) is 0 Å². The molecular weight excluding hydrogens is 434 g/mol. The van der Waals surface area contributed by atoms with E-state index in [1.807, 2.05) is 30.6 Å². The summed E-state index contributed by atoms with van der Waals surface area (Å²) in [6, 6.07) is 8.03. The molecule has 3 aromatic heterocycles. The molecule has 6 rings (SSSR count). The maximum atomic E-state index is 5.53. The summed E-state index contributed by atoms with van der Waals surface area (Å²) in [6.45, 7) is 8.70. The lowest BCUT2D eigenvalue weighted by Crippen LogP contribution is -2.38. The van der Waals surface area contributed by atoms with E-state index in [0.29, 0.717) is 25.7 Å². The van der Waals surface area contributed by atoms with Gasteiger partial charge in [-0.3, -0.25) is 4.90 Å². The fourth-order valence-corrected chi connectivity index (χ4v) is 4.46. The van der Waals surface area contributed by atoms with Gasteiger partial charge in [-0.1, -0.05) is 12.1 Å². The van der Waals surface area contributed by atoms with E-state index < -0.39 is 0 Å². The van der Waals surface area contributed by atoms with E-state index in [2.05, 4.69) is 34.6 Å². The first-order valence-electron chi connectivity index (χ1n) is 11.9. The number of H-pyrrole nitrogens is 1. The van der Waals surface area contributed by atoms with Gasteiger partial charge >= 0.3 is 0 Å². The standard InChI is InChI=1S/C23H29N9O2/c1-2-4-18-17(3-1)26-19(27-18)15-24-21-20-22(29-23(28-21)31-9-13-34-14-10-31)32(16-25-20)6-5-30-7-11-33-12-8-30/h1-4,16H,5-15H2,(H,26,27)(H,24,28,29). The largest absolute Gasteiger partial charge is 0.379 e. The van der Waals surface area contributed by atoms with Gasteiger partial charge in [-0.2, -0.15) is 9.97 Å². The van der Waals surface area contributed by atoms with Gasteiger partial charge in [-0.15, -0.1) is 0 Å².